The average molecular weight is 416 g/mol. The van der Waals surface area contributed by atoms with Crippen molar-refractivity contribution in [2.45, 2.75) is 37.6 Å². The summed E-state index contributed by atoms with van der Waals surface area (Å²) in [6.07, 6.45) is 1.34. The van der Waals surface area contributed by atoms with Gasteiger partial charge in [0.2, 0.25) is 10.0 Å². The number of benzene rings is 2. The van der Waals surface area contributed by atoms with Gasteiger partial charge in [-0.1, -0.05) is 35.9 Å². The second-order valence-corrected chi connectivity index (χ2v) is 9.09. The number of para-hydroxylation sites is 1. The summed E-state index contributed by atoms with van der Waals surface area (Å²) >= 11 is 0. The molecule has 0 radical (unpaired) electrons. The zero-order valence-electron chi connectivity index (χ0n) is 16.5. The summed E-state index contributed by atoms with van der Waals surface area (Å²) < 4.78 is 27.3. The molecule has 0 unspecified atom stereocenters. The van der Waals surface area contributed by atoms with Crippen LogP contribution < -0.4 is 10.6 Å². The summed E-state index contributed by atoms with van der Waals surface area (Å²) in [6, 6.07) is 13.5. The van der Waals surface area contributed by atoms with Crippen molar-refractivity contribution in [1.82, 2.24) is 9.62 Å². The normalized spacial score (nSPS) is 17.1. The van der Waals surface area contributed by atoms with Crippen molar-refractivity contribution in [2.75, 3.05) is 18.4 Å². The van der Waals surface area contributed by atoms with Crippen molar-refractivity contribution in [3.63, 3.8) is 0 Å². The Bertz CT molecular complexity index is 1000. The van der Waals surface area contributed by atoms with Crippen LogP contribution in [0, 0.1) is 13.8 Å². The maximum Gasteiger partial charge on any atom is 0.313 e. The average Bonchev–Trinajstić information content (AvgIpc) is 3.17. The van der Waals surface area contributed by atoms with E-state index in [9.17, 15) is 18.0 Å². The van der Waals surface area contributed by atoms with Crippen LogP contribution in [0.2, 0.25) is 0 Å². The molecule has 3 rings (SSSR count). The van der Waals surface area contributed by atoms with Gasteiger partial charge in [-0.2, -0.15) is 4.31 Å². The second kappa shape index (κ2) is 8.75. The molecule has 1 saturated heterocycles. The van der Waals surface area contributed by atoms with E-state index < -0.39 is 21.8 Å². The maximum absolute atomic E-state index is 12.9. The predicted molar refractivity (Wildman–Crippen MR) is 111 cm³/mol. The lowest BCUT2D eigenvalue weighted by molar-refractivity contribution is -0.136. The van der Waals surface area contributed by atoms with Gasteiger partial charge in [-0.15, -0.1) is 0 Å². The summed E-state index contributed by atoms with van der Waals surface area (Å²) in [7, 11) is -3.65. The largest absolute Gasteiger partial charge is 0.346 e. The molecule has 0 bridgehead atoms. The molecule has 0 aromatic heterocycles. The first-order valence-electron chi connectivity index (χ1n) is 9.52. The molecule has 0 aliphatic carbocycles. The van der Waals surface area contributed by atoms with E-state index in [1.54, 1.807) is 36.4 Å². The summed E-state index contributed by atoms with van der Waals surface area (Å²) in [5.74, 6) is -1.56. The number of carbonyl (C=O) groups excluding carboxylic acids is 2. The monoisotopic (exact) mass is 415 g/mol. The van der Waals surface area contributed by atoms with Gasteiger partial charge < -0.3 is 10.6 Å². The lowest BCUT2D eigenvalue weighted by Crippen LogP contribution is -2.45. The van der Waals surface area contributed by atoms with Crippen molar-refractivity contribution >= 4 is 27.5 Å². The first kappa shape index (κ1) is 21.0. The minimum atomic E-state index is -3.65. The van der Waals surface area contributed by atoms with Gasteiger partial charge >= 0.3 is 11.8 Å². The number of hydrogen-bond donors (Lipinski definition) is 2. The van der Waals surface area contributed by atoms with Gasteiger partial charge in [-0.25, -0.2) is 8.42 Å². The Hall–Kier alpha value is -2.71. The maximum atomic E-state index is 12.9. The summed E-state index contributed by atoms with van der Waals surface area (Å²) in [5.41, 5.74) is 2.39. The highest BCUT2D eigenvalue weighted by molar-refractivity contribution is 7.89. The standard InChI is InChI=1S/C21H25N3O4S/c1-15-9-11-18(12-10-15)29(27,28)24-13-5-7-17(24)14-22-20(25)21(26)23-19-8-4-3-6-16(19)2/h3-4,6,8-12,17H,5,7,13-14H2,1-2H3,(H,22,25)(H,23,26)/t17-/m1/s1. The first-order chi connectivity index (χ1) is 13.8. The highest BCUT2D eigenvalue weighted by atomic mass is 32.2. The predicted octanol–water partition coefficient (Wildman–Crippen LogP) is 2.21. The molecular weight excluding hydrogens is 390 g/mol. The number of rotatable bonds is 5. The van der Waals surface area contributed by atoms with Gasteiger partial charge in [-0.05, 0) is 50.5 Å². The Morgan fingerprint density at radius 2 is 1.72 bits per heavy atom. The topological polar surface area (TPSA) is 95.6 Å². The third-order valence-corrected chi connectivity index (χ3v) is 7.01. The smallest absolute Gasteiger partial charge is 0.313 e. The molecule has 29 heavy (non-hydrogen) atoms. The molecule has 8 heteroatoms. The fourth-order valence-electron chi connectivity index (χ4n) is 3.36. The van der Waals surface area contributed by atoms with Crippen LogP contribution in [0.5, 0.6) is 0 Å². The first-order valence-corrected chi connectivity index (χ1v) is 11.0. The highest BCUT2D eigenvalue weighted by Crippen LogP contribution is 2.26. The Labute approximate surface area is 171 Å². The van der Waals surface area contributed by atoms with Crippen LogP contribution in [0.3, 0.4) is 0 Å². The minimum absolute atomic E-state index is 0.0884. The molecule has 2 amide bonds. The van der Waals surface area contributed by atoms with Crippen molar-refractivity contribution in [3.05, 3.63) is 59.7 Å². The highest BCUT2D eigenvalue weighted by Gasteiger charge is 2.35. The number of nitrogens with one attached hydrogen (secondary N) is 2. The summed E-state index contributed by atoms with van der Waals surface area (Å²) in [6.45, 7) is 4.21. The van der Waals surface area contributed by atoms with Crippen LogP contribution in [0.1, 0.15) is 24.0 Å². The molecule has 2 aromatic carbocycles. The van der Waals surface area contributed by atoms with Gasteiger partial charge in [0.05, 0.1) is 4.90 Å². The second-order valence-electron chi connectivity index (χ2n) is 7.20. The SMILES string of the molecule is Cc1ccc(S(=O)(=O)N2CCC[C@@H]2CNC(=O)C(=O)Nc2ccccc2C)cc1. The molecular formula is C21H25N3O4S. The summed E-state index contributed by atoms with van der Waals surface area (Å²) in [4.78, 5) is 24.6. The summed E-state index contributed by atoms with van der Waals surface area (Å²) in [5, 5.41) is 5.14. The molecule has 7 nitrogen and oxygen atoms in total. The van der Waals surface area contributed by atoms with Gasteiger partial charge in [-0.3, -0.25) is 9.59 Å². The Balaban J connectivity index is 1.62. The van der Waals surface area contributed by atoms with E-state index in [-0.39, 0.29) is 17.5 Å². The lowest BCUT2D eigenvalue weighted by Gasteiger charge is -2.24. The minimum Gasteiger partial charge on any atom is -0.346 e. The molecule has 1 heterocycles. The van der Waals surface area contributed by atoms with Gasteiger partial charge in [0.25, 0.3) is 0 Å². The van der Waals surface area contributed by atoms with Crippen LogP contribution in [0.15, 0.2) is 53.4 Å². The molecule has 1 fully saturated rings. The van der Waals surface area contributed by atoms with Gasteiger partial charge in [0.1, 0.15) is 0 Å². The molecule has 0 spiro atoms. The number of carbonyl (C=O) groups is 2. The molecule has 2 aromatic rings. The molecule has 1 atom stereocenters. The fraction of sp³-hybridized carbons (Fsp3) is 0.333. The van der Waals surface area contributed by atoms with Crippen molar-refractivity contribution < 1.29 is 18.0 Å². The molecule has 0 saturated carbocycles. The Morgan fingerprint density at radius 3 is 2.41 bits per heavy atom. The van der Waals surface area contributed by atoms with E-state index in [1.165, 1.54) is 4.31 Å². The number of sulfonamides is 1. The quantitative estimate of drug-likeness (QED) is 0.732. The van der Waals surface area contributed by atoms with Gasteiger partial charge in [0, 0.05) is 24.8 Å². The number of aryl methyl sites for hydroxylation is 2. The van der Waals surface area contributed by atoms with Gasteiger partial charge in [0.15, 0.2) is 0 Å². The molecule has 154 valence electrons. The zero-order chi connectivity index (χ0) is 21.0. The van der Waals surface area contributed by atoms with Crippen LogP contribution in [-0.4, -0.2) is 43.7 Å². The zero-order valence-corrected chi connectivity index (χ0v) is 17.3. The van der Waals surface area contributed by atoms with E-state index in [0.717, 1.165) is 11.1 Å². The third-order valence-electron chi connectivity index (χ3n) is 5.05. The van der Waals surface area contributed by atoms with Crippen LogP contribution in [0.25, 0.3) is 0 Å². The van der Waals surface area contributed by atoms with Crippen LogP contribution in [0.4, 0.5) is 5.69 Å². The van der Waals surface area contributed by atoms with Crippen LogP contribution in [-0.2, 0) is 19.6 Å². The lowest BCUT2D eigenvalue weighted by atomic mass is 10.2. The van der Waals surface area contributed by atoms with Crippen molar-refractivity contribution in [3.8, 4) is 0 Å². The number of nitrogens with zero attached hydrogens (tertiary/aromatic N) is 1. The van der Waals surface area contributed by atoms with Crippen molar-refractivity contribution in [2.24, 2.45) is 0 Å². The van der Waals surface area contributed by atoms with E-state index in [4.69, 9.17) is 0 Å². The molecule has 2 N–H and O–H groups in total. The third kappa shape index (κ3) is 4.83. The van der Waals surface area contributed by atoms with Crippen molar-refractivity contribution in [1.29, 1.82) is 0 Å². The number of anilines is 1. The Morgan fingerprint density at radius 1 is 1.03 bits per heavy atom. The number of amides is 2. The van der Waals surface area contributed by atoms with E-state index in [0.29, 0.717) is 25.1 Å². The van der Waals surface area contributed by atoms with Crippen LogP contribution >= 0.6 is 0 Å². The van der Waals surface area contributed by atoms with E-state index in [2.05, 4.69) is 10.6 Å². The molecule has 1 aliphatic heterocycles. The fourth-order valence-corrected chi connectivity index (χ4v) is 5.05. The Kier molecular flexibility index (Phi) is 6.34. The van der Waals surface area contributed by atoms with E-state index in [1.807, 2.05) is 26.0 Å². The molecule has 1 aliphatic rings. The number of hydrogen-bond acceptors (Lipinski definition) is 4. The van der Waals surface area contributed by atoms with E-state index >= 15 is 0 Å².